The van der Waals surface area contributed by atoms with E-state index in [-0.39, 0.29) is 11.9 Å². The summed E-state index contributed by atoms with van der Waals surface area (Å²) in [6.45, 7) is 6.11. The Morgan fingerprint density at radius 2 is 1.88 bits per heavy atom. The van der Waals surface area contributed by atoms with E-state index in [9.17, 15) is 9.59 Å². The van der Waals surface area contributed by atoms with Gasteiger partial charge in [-0.05, 0) is 56.2 Å². The smallest absolute Gasteiger partial charge is 0.338 e. The minimum atomic E-state index is -0.363. The van der Waals surface area contributed by atoms with Crippen molar-refractivity contribution in [3.63, 3.8) is 0 Å². The number of aryl methyl sites for hydroxylation is 2. The summed E-state index contributed by atoms with van der Waals surface area (Å²) in [6.07, 6.45) is 2.60. The van der Waals surface area contributed by atoms with E-state index in [0.717, 1.165) is 17.6 Å². The lowest BCUT2D eigenvalue weighted by Gasteiger charge is -2.08. The quantitative estimate of drug-likeness (QED) is 0.710. The number of esters is 1. The van der Waals surface area contributed by atoms with Gasteiger partial charge in [-0.3, -0.25) is 9.20 Å². The van der Waals surface area contributed by atoms with Crippen molar-refractivity contribution in [3.05, 3.63) is 65.1 Å². The Hall–Kier alpha value is -3.15. The number of aromatic nitrogens is 2. The molecule has 0 bridgehead atoms. The van der Waals surface area contributed by atoms with Gasteiger partial charge in [0, 0.05) is 11.9 Å². The third kappa shape index (κ3) is 3.44. The Labute approximate surface area is 151 Å². The van der Waals surface area contributed by atoms with Crippen molar-refractivity contribution in [1.29, 1.82) is 0 Å². The second-order valence-corrected chi connectivity index (χ2v) is 6.10. The molecule has 0 spiro atoms. The van der Waals surface area contributed by atoms with Gasteiger partial charge in [0.2, 0.25) is 0 Å². The number of carbonyl (C=O) groups is 2. The molecule has 3 rings (SSSR count). The number of pyridine rings is 1. The number of amides is 1. The fourth-order valence-electron chi connectivity index (χ4n) is 2.75. The summed E-state index contributed by atoms with van der Waals surface area (Å²) in [5.41, 5.74) is 3.99. The molecule has 2 aromatic heterocycles. The molecule has 0 aliphatic rings. The molecule has 26 heavy (non-hydrogen) atoms. The Bertz CT molecular complexity index is 958. The van der Waals surface area contributed by atoms with E-state index < -0.39 is 0 Å². The highest BCUT2D eigenvalue weighted by atomic mass is 16.5. The van der Waals surface area contributed by atoms with Crippen molar-refractivity contribution < 1.29 is 14.3 Å². The number of carbonyl (C=O) groups excluding carboxylic acids is 2. The molecule has 0 aliphatic carbocycles. The fourth-order valence-corrected chi connectivity index (χ4v) is 2.75. The third-order valence-electron chi connectivity index (χ3n) is 4.05. The van der Waals surface area contributed by atoms with Crippen LogP contribution in [0.15, 0.2) is 42.6 Å². The molecule has 0 radical (unpaired) electrons. The Balaban J connectivity index is 1.80. The number of imidazole rings is 1. The first-order chi connectivity index (χ1) is 12.5. The summed E-state index contributed by atoms with van der Waals surface area (Å²) in [5.74, 6) is -0.611. The summed E-state index contributed by atoms with van der Waals surface area (Å²) < 4.78 is 6.88. The molecule has 0 unspecified atom stereocenters. The number of anilines is 1. The summed E-state index contributed by atoms with van der Waals surface area (Å²) in [4.78, 5) is 29.0. The number of fused-ring (bicyclic) bond motifs is 1. The SMILES string of the molecule is CCCOC(=O)c1ccc(NC(=O)c2c(C)nc3c(C)cccn23)cc1. The van der Waals surface area contributed by atoms with Crippen molar-refractivity contribution in [2.45, 2.75) is 27.2 Å². The molecule has 0 aliphatic heterocycles. The zero-order valence-electron chi connectivity index (χ0n) is 15.1. The van der Waals surface area contributed by atoms with Gasteiger partial charge in [0.1, 0.15) is 11.3 Å². The van der Waals surface area contributed by atoms with Crippen LogP contribution in [0.25, 0.3) is 5.65 Å². The number of benzene rings is 1. The molecule has 1 aromatic carbocycles. The van der Waals surface area contributed by atoms with Crippen molar-refractivity contribution >= 4 is 23.2 Å². The molecular weight excluding hydrogens is 330 g/mol. The largest absolute Gasteiger partial charge is 0.462 e. The van der Waals surface area contributed by atoms with Crippen LogP contribution in [0.2, 0.25) is 0 Å². The maximum absolute atomic E-state index is 12.7. The van der Waals surface area contributed by atoms with Crippen LogP contribution in [-0.2, 0) is 4.74 Å². The van der Waals surface area contributed by atoms with Crippen molar-refractivity contribution in [3.8, 4) is 0 Å². The van der Waals surface area contributed by atoms with Crippen molar-refractivity contribution in [2.75, 3.05) is 11.9 Å². The maximum Gasteiger partial charge on any atom is 0.338 e. The molecule has 1 amide bonds. The van der Waals surface area contributed by atoms with Crippen LogP contribution < -0.4 is 5.32 Å². The second-order valence-electron chi connectivity index (χ2n) is 6.10. The Morgan fingerprint density at radius 1 is 1.15 bits per heavy atom. The second kappa shape index (κ2) is 7.39. The molecule has 3 aromatic rings. The molecule has 134 valence electrons. The van der Waals surface area contributed by atoms with Crippen LogP contribution in [0, 0.1) is 13.8 Å². The van der Waals surface area contributed by atoms with Crippen molar-refractivity contribution in [2.24, 2.45) is 0 Å². The number of ether oxygens (including phenoxy) is 1. The van der Waals surface area contributed by atoms with Gasteiger partial charge in [-0.15, -0.1) is 0 Å². The van der Waals surface area contributed by atoms with E-state index in [1.165, 1.54) is 0 Å². The van der Waals surface area contributed by atoms with E-state index in [2.05, 4.69) is 10.3 Å². The summed E-state index contributed by atoms with van der Waals surface area (Å²) >= 11 is 0. The lowest BCUT2D eigenvalue weighted by molar-refractivity contribution is 0.0505. The number of nitrogens with zero attached hydrogens (tertiary/aromatic N) is 2. The van der Waals surface area contributed by atoms with Crippen LogP contribution in [0.4, 0.5) is 5.69 Å². The normalized spacial score (nSPS) is 10.7. The number of nitrogens with one attached hydrogen (secondary N) is 1. The third-order valence-corrected chi connectivity index (χ3v) is 4.05. The molecule has 0 atom stereocenters. The molecule has 6 heteroatoms. The minimum absolute atomic E-state index is 0.248. The Morgan fingerprint density at radius 3 is 2.58 bits per heavy atom. The van der Waals surface area contributed by atoms with Gasteiger partial charge in [0.15, 0.2) is 0 Å². The lowest BCUT2D eigenvalue weighted by atomic mass is 10.2. The highest BCUT2D eigenvalue weighted by molar-refractivity contribution is 6.04. The summed E-state index contributed by atoms with van der Waals surface area (Å²) in [6, 6.07) is 10.5. The minimum Gasteiger partial charge on any atom is -0.462 e. The average Bonchev–Trinajstić information content (AvgIpc) is 2.97. The van der Waals surface area contributed by atoms with Gasteiger partial charge >= 0.3 is 5.97 Å². The number of hydrogen-bond acceptors (Lipinski definition) is 4. The van der Waals surface area contributed by atoms with E-state index in [4.69, 9.17) is 4.74 Å². The van der Waals surface area contributed by atoms with Gasteiger partial charge in [-0.25, -0.2) is 9.78 Å². The molecule has 0 saturated heterocycles. The standard InChI is InChI=1S/C20H21N3O3/c1-4-12-26-20(25)15-7-9-16(10-8-15)22-19(24)17-14(3)21-18-13(2)6-5-11-23(17)18/h5-11H,4,12H2,1-3H3,(H,22,24). The van der Waals surface area contributed by atoms with E-state index in [1.54, 1.807) is 28.7 Å². The Kier molecular flexibility index (Phi) is 5.02. The number of hydrogen-bond donors (Lipinski definition) is 1. The van der Waals surface area contributed by atoms with Crippen LogP contribution in [0.5, 0.6) is 0 Å². The fraction of sp³-hybridized carbons (Fsp3) is 0.250. The zero-order chi connectivity index (χ0) is 18.7. The molecule has 2 heterocycles. The molecule has 1 N–H and O–H groups in total. The van der Waals surface area contributed by atoms with E-state index >= 15 is 0 Å². The molecule has 0 fully saturated rings. The summed E-state index contributed by atoms with van der Waals surface area (Å²) in [7, 11) is 0. The first kappa shape index (κ1) is 17.7. The first-order valence-corrected chi connectivity index (χ1v) is 8.54. The van der Waals surface area contributed by atoms with Gasteiger partial charge in [0.25, 0.3) is 5.91 Å². The predicted octanol–water partition coefficient (Wildman–Crippen LogP) is 3.77. The monoisotopic (exact) mass is 351 g/mol. The van der Waals surface area contributed by atoms with Crippen molar-refractivity contribution in [1.82, 2.24) is 9.38 Å². The molecule has 0 saturated carbocycles. The highest BCUT2D eigenvalue weighted by Crippen LogP contribution is 2.18. The zero-order valence-corrected chi connectivity index (χ0v) is 15.1. The van der Waals surface area contributed by atoms with Crippen LogP contribution >= 0.6 is 0 Å². The molecule has 6 nitrogen and oxygen atoms in total. The molecular formula is C20H21N3O3. The lowest BCUT2D eigenvalue weighted by Crippen LogP contribution is -2.16. The predicted molar refractivity (Wildman–Crippen MR) is 99.6 cm³/mol. The van der Waals surface area contributed by atoms with Gasteiger partial charge < -0.3 is 10.1 Å². The average molecular weight is 351 g/mol. The van der Waals surface area contributed by atoms with E-state index in [1.807, 2.05) is 39.1 Å². The highest BCUT2D eigenvalue weighted by Gasteiger charge is 2.17. The topological polar surface area (TPSA) is 72.7 Å². The van der Waals surface area contributed by atoms with E-state index in [0.29, 0.717) is 29.2 Å². The van der Waals surface area contributed by atoms with Gasteiger partial charge in [-0.1, -0.05) is 13.0 Å². The first-order valence-electron chi connectivity index (χ1n) is 8.54. The van der Waals surface area contributed by atoms with Crippen LogP contribution in [0.3, 0.4) is 0 Å². The van der Waals surface area contributed by atoms with Crippen LogP contribution in [-0.4, -0.2) is 27.9 Å². The van der Waals surface area contributed by atoms with Crippen LogP contribution in [0.1, 0.15) is 45.4 Å². The summed E-state index contributed by atoms with van der Waals surface area (Å²) in [5, 5.41) is 2.85. The van der Waals surface area contributed by atoms with Gasteiger partial charge in [0.05, 0.1) is 17.9 Å². The maximum atomic E-state index is 12.7. The van der Waals surface area contributed by atoms with Gasteiger partial charge in [-0.2, -0.15) is 0 Å². The number of rotatable bonds is 5.